The minimum absolute atomic E-state index is 0.0434. The summed E-state index contributed by atoms with van der Waals surface area (Å²) in [5.41, 5.74) is 5.19. The number of methoxy groups -OCH3 is 2. The molecule has 7 heteroatoms. The predicted octanol–water partition coefficient (Wildman–Crippen LogP) is 1.20. The molecule has 0 atom stereocenters. The first-order valence-electron chi connectivity index (χ1n) is 5.14. The van der Waals surface area contributed by atoms with E-state index in [0.29, 0.717) is 0 Å². The Hall–Kier alpha value is -1.76. The molecule has 100 valence electrons. The second kappa shape index (κ2) is 6.25. The second-order valence-electron chi connectivity index (χ2n) is 3.42. The van der Waals surface area contributed by atoms with Crippen LogP contribution >= 0.6 is 0 Å². The molecule has 1 heterocycles. The van der Waals surface area contributed by atoms with E-state index < -0.39 is 12.4 Å². The summed E-state index contributed by atoms with van der Waals surface area (Å²) in [7, 11) is 2.52. The van der Waals surface area contributed by atoms with Crippen molar-refractivity contribution in [1.29, 1.82) is 0 Å². The fourth-order valence-electron chi connectivity index (χ4n) is 1.58. The lowest BCUT2D eigenvalue weighted by Crippen LogP contribution is -2.14. The summed E-state index contributed by atoms with van der Waals surface area (Å²) < 4.78 is 35.4. The Bertz CT molecular complexity index is 439. The van der Waals surface area contributed by atoms with Gasteiger partial charge in [0.05, 0.1) is 32.5 Å². The van der Waals surface area contributed by atoms with Crippen molar-refractivity contribution < 1.29 is 23.0 Å². The van der Waals surface area contributed by atoms with Crippen molar-refractivity contribution in [3.63, 3.8) is 0 Å². The normalized spacial score (nSPS) is 10.6. The van der Waals surface area contributed by atoms with E-state index in [4.69, 9.17) is 10.5 Å². The van der Waals surface area contributed by atoms with Crippen molar-refractivity contribution in [3.05, 3.63) is 23.0 Å². The van der Waals surface area contributed by atoms with Gasteiger partial charge in [-0.2, -0.15) is 0 Å². The number of pyridine rings is 1. The molecule has 0 fully saturated rings. The number of hydrogen-bond acceptors (Lipinski definition) is 5. The van der Waals surface area contributed by atoms with Crippen molar-refractivity contribution in [2.45, 2.75) is 19.4 Å². The highest BCUT2D eigenvalue weighted by molar-refractivity contribution is 5.72. The molecule has 2 N–H and O–H groups in total. The molecule has 0 bridgehead atoms. The summed E-state index contributed by atoms with van der Waals surface area (Å²) in [5, 5.41) is 0. The Morgan fingerprint density at radius 3 is 2.61 bits per heavy atom. The third-order valence-corrected chi connectivity index (χ3v) is 2.45. The highest BCUT2D eigenvalue weighted by Gasteiger charge is 2.23. The van der Waals surface area contributed by atoms with Crippen LogP contribution < -0.4 is 10.5 Å². The number of nitrogens with zero attached hydrogens (tertiary/aromatic N) is 1. The van der Waals surface area contributed by atoms with Gasteiger partial charge in [-0.25, -0.2) is 8.78 Å². The molecule has 0 amide bonds. The number of carbonyl (C=O) groups is 1. The Morgan fingerprint density at radius 1 is 1.50 bits per heavy atom. The highest BCUT2D eigenvalue weighted by Crippen LogP contribution is 2.31. The van der Waals surface area contributed by atoms with Gasteiger partial charge in [-0.05, 0) is 0 Å². The van der Waals surface area contributed by atoms with Gasteiger partial charge in [0.1, 0.15) is 5.75 Å². The smallest absolute Gasteiger partial charge is 0.311 e. The minimum Gasteiger partial charge on any atom is -0.495 e. The third kappa shape index (κ3) is 2.92. The van der Waals surface area contributed by atoms with Gasteiger partial charge in [-0.3, -0.25) is 9.78 Å². The van der Waals surface area contributed by atoms with Crippen LogP contribution in [0, 0.1) is 0 Å². The van der Waals surface area contributed by atoms with Crippen LogP contribution in [0.5, 0.6) is 5.75 Å². The van der Waals surface area contributed by atoms with Crippen LogP contribution in [0.15, 0.2) is 6.20 Å². The van der Waals surface area contributed by atoms with Crippen LogP contribution in [0.25, 0.3) is 0 Å². The summed E-state index contributed by atoms with van der Waals surface area (Å²) in [6.45, 7) is -0.125. The van der Waals surface area contributed by atoms with E-state index >= 15 is 0 Å². The summed E-state index contributed by atoms with van der Waals surface area (Å²) >= 11 is 0. The molecule has 0 saturated heterocycles. The Kier molecular flexibility index (Phi) is 4.96. The number of aromatic nitrogens is 1. The van der Waals surface area contributed by atoms with Gasteiger partial charge in [0, 0.05) is 17.7 Å². The molecule has 0 aromatic carbocycles. The molecule has 0 unspecified atom stereocenters. The maximum absolute atomic E-state index is 13.0. The fourth-order valence-corrected chi connectivity index (χ4v) is 1.58. The van der Waals surface area contributed by atoms with E-state index in [-0.39, 0.29) is 35.5 Å². The molecule has 1 aromatic rings. The van der Waals surface area contributed by atoms with E-state index in [1.807, 2.05) is 0 Å². The molecule has 18 heavy (non-hydrogen) atoms. The van der Waals surface area contributed by atoms with Gasteiger partial charge in [-0.15, -0.1) is 0 Å². The SMILES string of the molecule is COC(=O)Cc1ncc(OC)c(CN)c1C(F)F. The van der Waals surface area contributed by atoms with E-state index in [1.165, 1.54) is 20.4 Å². The quantitative estimate of drug-likeness (QED) is 0.805. The standard InChI is InChI=1S/C11H14F2N2O3/c1-17-8-5-15-7(3-9(16)18-2)10(11(12)13)6(8)4-14/h5,11H,3-4,14H2,1-2H3. The number of carbonyl (C=O) groups excluding carboxylic acids is 1. The maximum atomic E-state index is 13.0. The monoisotopic (exact) mass is 260 g/mol. The minimum atomic E-state index is -2.79. The average molecular weight is 260 g/mol. The molecule has 0 aliphatic carbocycles. The topological polar surface area (TPSA) is 74.4 Å². The van der Waals surface area contributed by atoms with Crippen molar-refractivity contribution >= 4 is 5.97 Å². The maximum Gasteiger partial charge on any atom is 0.311 e. The molecule has 0 radical (unpaired) electrons. The van der Waals surface area contributed by atoms with Crippen molar-refractivity contribution in [2.24, 2.45) is 5.73 Å². The zero-order valence-corrected chi connectivity index (χ0v) is 10.1. The highest BCUT2D eigenvalue weighted by atomic mass is 19.3. The fraction of sp³-hybridized carbons (Fsp3) is 0.455. The predicted molar refractivity (Wildman–Crippen MR) is 59.4 cm³/mol. The average Bonchev–Trinajstić information content (AvgIpc) is 2.37. The van der Waals surface area contributed by atoms with Gasteiger partial charge < -0.3 is 15.2 Å². The van der Waals surface area contributed by atoms with Gasteiger partial charge in [0.25, 0.3) is 6.43 Å². The van der Waals surface area contributed by atoms with E-state index in [9.17, 15) is 13.6 Å². The summed E-state index contributed by atoms with van der Waals surface area (Å²) in [6, 6.07) is 0. The summed E-state index contributed by atoms with van der Waals surface area (Å²) in [6.07, 6.45) is -1.84. The molecule has 1 aromatic heterocycles. The number of nitrogens with two attached hydrogens (primary N) is 1. The zero-order valence-electron chi connectivity index (χ0n) is 10.1. The first kappa shape index (κ1) is 14.3. The largest absolute Gasteiger partial charge is 0.495 e. The molecule has 5 nitrogen and oxygen atoms in total. The van der Waals surface area contributed by atoms with E-state index in [2.05, 4.69) is 9.72 Å². The van der Waals surface area contributed by atoms with E-state index in [0.717, 1.165) is 0 Å². The van der Waals surface area contributed by atoms with Crippen LogP contribution in [-0.2, 0) is 22.5 Å². The number of halogens is 2. The number of alkyl halides is 2. The number of ether oxygens (including phenoxy) is 2. The van der Waals surface area contributed by atoms with Crippen molar-refractivity contribution in [3.8, 4) is 5.75 Å². The van der Waals surface area contributed by atoms with Crippen LogP contribution in [0.2, 0.25) is 0 Å². The van der Waals surface area contributed by atoms with Crippen LogP contribution in [0.4, 0.5) is 8.78 Å². The van der Waals surface area contributed by atoms with Crippen LogP contribution in [0.3, 0.4) is 0 Å². The summed E-state index contributed by atoms with van der Waals surface area (Å²) in [5.74, 6) is -0.459. The lowest BCUT2D eigenvalue weighted by Gasteiger charge is -2.15. The van der Waals surface area contributed by atoms with Gasteiger partial charge in [-0.1, -0.05) is 0 Å². The van der Waals surface area contributed by atoms with Crippen molar-refractivity contribution in [1.82, 2.24) is 4.98 Å². The molecule has 0 aliphatic heterocycles. The molecule has 0 spiro atoms. The molecule has 0 aliphatic rings. The Balaban J connectivity index is 3.30. The van der Waals surface area contributed by atoms with Crippen LogP contribution in [-0.4, -0.2) is 25.2 Å². The number of rotatable bonds is 5. The zero-order chi connectivity index (χ0) is 13.7. The van der Waals surface area contributed by atoms with Crippen LogP contribution in [0.1, 0.15) is 23.2 Å². The summed E-state index contributed by atoms with van der Waals surface area (Å²) in [4.78, 5) is 14.9. The third-order valence-electron chi connectivity index (χ3n) is 2.45. The first-order valence-corrected chi connectivity index (χ1v) is 5.14. The molecule has 1 rings (SSSR count). The number of esters is 1. The Labute approximate surface area is 103 Å². The van der Waals surface area contributed by atoms with Gasteiger partial charge in [0.15, 0.2) is 0 Å². The number of hydrogen-bond donors (Lipinski definition) is 1. The lowest BCUT2D eigenvalue weighted by atomic mass is 10.0. The molecular weight excluding hydrogens is 246 g/mol. The van der Waals surface area contributed by atoms with E-state index in [1.54, 1.807) is 0 Å². The molecular formula is C11H14F2N2O3. The van der Waals surface area contributed by atoms with Gasteiger partial charge in [0.2, 0.25) is 0 Å². The molecule has 0 saturated carbocycles. The van der Waals surface area contributed by atoms with Gasteiger partial charge >= 0.3 is 5.97 Å². The van der Waals surface area contributed by atoms with Crippen molar-refractivity contribution in [2.75, 3.05) is 14.2 Å². The lowest BCUT2D eigenvalue weighted by molar-refractivity contribution is -0.139. The second-order valence-corrected chi connectivity index (χ2v) is 3.42. The first-order chi connectivity index (χ1) is 8.54. The Morgan fingerprint density at radius 2 is 2.17 bits per heavy atom.